The van der Waals surface area contributed by atoms with Gasteiger partial charge in [0.05, 0.1) is 0 Å². The molecule has 2 rings (SSSR count). The van der Waals surface area contributed by atoms with E-state index in [-0.39, 0.29) is 5.56 Å². The summed E-state index contributed by atoms with van der Waals surface area (Å²) < 4.78 is 1.88. The number of nitrogens with one attached hydrogen (secondary N) is 1. The Morgan fingerprint density at radius 3 is 2.94 bits per heavy atom. The maximum absolute atomic E-state index is 12.1. The first-order valence-corrected chi connectivity index (χ1v) is 6.15. The Labute approximate surface area is 96.5 Å². The van der Waals surface area contributed by atoms with Crippen molar-refractivity contribution in [3.63, 3.8) is 0 Å². The molecule has 88 valence electrons. The highest BCUT2D eigenvalue weighted by Crippen LogP contribution is 2.33. The fraction of sp³-hybridized carbons (Fsp3) is 0.615. The van der Waals surface area contributed by atoms with E-state index in [1.165, 1.54) is 0 Å². The molecule has 3 nitrogen and oxygen atoms in total. The van der Waals surface area contributed by atoms with Crippen molar-refractivity contribution in [2.24, 2.45) is 0 Å². The lowest BCUT2D eigenvalue weighted by Gasteiger charge is -2.12. The molecule has 0 aliphatic heterocycles. The van der Waals surface area contributed by atoms with Crippen LogP contribution in [0.5, 0.6) is 0 Å². The summed E-state index contributed by atoms with van der Waals surface area (Å²) in [7, 11) is 0. The Morgan fingerprint density at radius 1 is 1.56 bits per heavy atom. The van der Waals surface area contributed by atoms with Gasteiger partial charge in [-0.15, -0.1) is 0 Å². The van der Waals surface area contributed by atoms with Gasteiger partial charge >= 0.3 is 0 Å². The summed E-state index contributed by atoms with van der Waals surface area (Å²) in [6.45, 7) is 4.97. The maximum atomic E-state index is 12.1. The molecule has 1 heterocycles. The van der Waals surface area contributed by atoms with Crippen molar-refractivity contribution in [3.8, 4) is 0 Å². The normalized spacial score (nSPS) is 17.4. The molecule has 0 saturated heterocycles. The van der Waals surface area contributed by atoms with Crippen molar-refractivity contribution in [1.29, 1.82) is 0 Å². The van der Waals surface area contributed by atoms with E-state index in [9.17, 15) is 4.79 Å². The van der Waals surface area contributed by atoms with Gasteiger partial charge in [0.25, 0.3) is 5.56 Å². The molecule has 1 aromatic heterocycles. The van der Waals surface area contributed by atoms with E-state index in [0.29, 0.717) is 18.6 Å². The zero-order valence-electron chi connectivity index (χ0n) is 10.1. The molecule has 1 aliphatic rings. The Balaban J connectivity index is 2.09. The zero-order valence-corrected chi connectivity index (χ0v) is 10.1. The average Bonchev–Trinajstić information content (AvgIpc) is 3.11. The molecule has 1 N–H and O–H groups in total. The van der Waals surface area contributed by atoms with Crippen molar-refractivity contribution < 1.29 is 0 Å². The second-order valence-electron chi connectivity index (χ2n) is 4.67. The smallest absolute Gasteiger partial charge is 0.255 e. The van der Waals surface area contributed by atoms with Crippen molar-refractivity contribution >= 4 is 0 Å². The fourth-order valence-electron chi connectivity index (χ4n) is 1.76. The van der Waals surface area contributed by atoms with Gasteiger partial charge in [0.1, 0.15) is 0 Å². The summed E-state index contributed by atoms with van der Waals surface area (Å²) in [5.74, 6) is 0. The molecule has 1 saturated carbocycles. The molecular weight excluding hydrogens is 200 g/mol. The number of hydrogen-bond donors (Lipinski definition) is 1. The van der Waals surface area contributed by atoms with E-state index in [1.807, 2.05) is 22.9 Å². The molecule has 0 amide bonds. The fourth-order valence-corrected chi connectivity index (χ4v) is 1.76. The zero-order chi connectivity index (χ0) is 11.5. The molecule has 0 radical (unpaired) electrons. The second kappa shape index (κ2) is 4.83. The monoisotopic (exact) mass is 220 g/mol. The van der Waals surface area contributed by atoms with Crippen molar-refractivity contribution in [2.75, 3.05) is 0 Å². The van der Waals surface area contributed by atoms with E-state index in [4.69, 9.17) is 0 Å². The quantitative estimate of drug-likeness (QED) is 0.824. The maximum Gasteiger partial charge on any atom is 0.255 e. The van der Waals surface area contributed by atoms with Gasteiger partial charge in [-0.25, -0.2) is 0 Å². The van der Waals surface area contributed by atoms with Crippen LogP contribution in [0.1, 0.15) is 44.7 Å². The summed E-state index contributed by atoms with van der Waals surface area (Å²) in [4.78, 5) is 12.1. The third-order valence-corrected chi connectivity index (χ3v) is 3.25. The predicted molar refractivity (Wildman–Crippen MR) is 65.6 cm³/mol. The second-order valence-corrected chi connectivity index (χ2v) is 4.67. The standard InChI is InChI=1S/C13H20N2O/c1-3-10(2)14-9-11-5-4-8-15(13(11)16)12-6-7-12/h4-5,8,10,12,14H,3,6-7,9H2,1-2H3. The predicted octanol–water partition coefficient (Wildman–Crippen LogP) is 2.07. The molecule has 3 heteroatoms. The van der Waals surface area contributed by atoms with Crippen LogP contribution in [0.15, 0.2) is 23.1 Å². The van der Waals surface area contributed by atoms with E-state index in [1.54, 1.807) is 0 Å². The summed E-state index contributed by atoms with van der Waals surface area (Å²) in [6, 6.07) is 4.84. The molecule has 0 bridgehead atoms. The molecule has 0 spiro atoms. The average molecular weight is 220 g/mol. The summed E-state index contributed by atoms with van der Waals surface area (Å²) in [6.07, 6.45) is 5.31. The topological polar surface area (TPSA) is 34.0 Å². The Bertz CT molecular complexity index is 407. The first-order chi connectivity index (χ1) is 7.72. The molecule has 1 aromatic rings. The van der Waals surface area contributed by atoms with Crippen LogP contribution in [0.3, 0.4) is 0 Å². The lowest BCUT2D eigenvalue weighted by Crippen LogP contribution is -2.30. The minimum Gasteiger partial charge on any atom is -0.312 e. The van der Waals surface area contributed by atoms with Gasteiger partial charge in [0.15, 0.2) is 0 Å². The van der Waals surface area contributed by atoms with Crippen LogP contribution in [-0.4, -0.2) is 10.6 Å². The lowest BCUT2D eigenvalue weighted by atomic mass is 10.2. The van der Waals surface area contributed by atoms with Crippen molar-refractivity contribution in [2.45, 2.75) is 51.7 Å². The molecule has 1 atom stereocenters. The van der Waals surface area contributed by atoms with Crippen LogP contribution in [0, 0.1) is 0 Å². The van der Waals surface area contributed by atoms with Gasteiger partial charge in [0, 0.05) is 30.4 Å². The van der Waals surface area contributed by atoms with Crippen LogP contribution in [0.4, 0.5) is 0 Å². The highest BCUT2D eigenvalue weighted by molar-refractivity contribution is 5.12. The van der Waals surface area contributed by atoms with E-state index in [2.05, 4.69) is 19.2 Å². The molecule has 16 heavy (non-hydrogen) atoms. The third kappa shape index (κ3) is 2.53. The lowest BCUT2D eigenvalue weighted by molar-refractivity contribution is 0.529. The molecule has 0 aromatic carbocycles. The van der Waals surface area contributed by atoms with Crippen LogP contribution >= 0.6 is 0 Å². The number of rotatable bonds is 5. The van der Waals surface area contributed by atoms with Crippen molar-refractivity contribution in [1.82, 2.24) is 9.88 Å². The molecular formula is C13H20N2O. The molecule has 1 fully saturated rings. The number of nitrogens with zero attached hydrogens (tertiary/aromatic N) is 1. The summed E-state index contributed by atoms with van der Waals surface area (Å²) >= 11 is 0. The molecule has 1 aliphatic carbocycles. The number of aromatic nitrogens is 1. The first kappa shape index (κ1) is 11.4. The van der Waals surface area contributed by atoms with Gasteiger partial charge in [0.2, 0.25) is 0 Å². The summed E-state index contributed by atoms with van der Waals surface area (Å²) in [5.41, 5.74) is 1.07. The van der Waals surface area contributed by atoms with Gasteiger partial charge in [-0.05, 0) is 32.3 Å². The van der Waals surface area contributed by atoms with Crippen LogP contribution in [-0.2, 0) is 6.54 Å². The highest BCUT2D eigenvalue weighted by atomic mass is 16.1. The Kier molecular flexibility index (Phi) is 3.44. The minimum absolute atomic E-state index is 0.181. The van der Waals surface area contributed by atoms with E-state index >= 15 is 0 Å². The SMILES string of the molecule is CCC(C)NCc1cccn(C2CC2)c1=O. The van der Waals surface area contributed by atoms with Gasteiger partial charge in [-0.3, -0.25) is 4.79 Å². The highest BCUT2D eigenvalue weighted by Gasteiger charge is 2.24. The van der Waals surface area contributed by atoms with Crippen molar-refractivity contribution in [3.05, 3.63) is 34.2 Å². The summed E-state index contributed by atoms with van der Waals surface area (Å²) in [5, 5.41) is 3.36. The van der Waals surface area contributed by atoms with Crippen LogP contribution < -0.4 is 10.9 Å². The van der Waals surface area contributed by atoms with Crippen LogP contribution in [0.2, 0.25) is 0 Å². The number of pyridine rings is 1. The van der Waals surface area contributed by atoms with Gasteiger partial charge in [-0.1, -0.05) is 13.0 Å². The third-order valence-electron chi connectivity index (χ3n) is 3.25. The van der Waals surface area contributed by atoms with E-state index < -0.39 is 0 Å². The number of hydrogen-bond acceptors (Lipinski definition) is 2. The Hall–Kier alpha value is -1.09. The largest absolute Gasteiger partial charge is 0.312 e. The van der Waals surface area contributed by atoms with Gasteiger partial charge < -0.3 is 9.88 Å². The first-order valence-electron chi connectivity index (χ1n) is 6.15. The van der Waals surface area contributed by atoms with Crippen LogP contribution in [0.25, 0.3) is 0 Å². The van der Waals surface area contributed by atoms with E-state index in [0.717, 1.165) is 24.8 Å². The van der Waals surface area contributed by atoms with Gasteiger partial charge in [-0.2, -0.15) is 0 Å². The minimum atomic E-state index is 0.181. The molecule has 1 unspecified atom stereocenters. The Morgan fingerprint density at radius 2 is 2.31 bits per heavy atom.